The first-order valence-corrected chi connectivity index (χ1v) is 9.88. The Morgan fingerprint density at radius 2 is 1.88 bits per heavy atom. The van der Waals surface area contributed by atoms with Gasteiger partial charge in [0, 0.05) is 24.5 Å². The highest BCUT2D eigenvalue weighted by molar-refractivity contribution is 7.17. The zero-order chi connectivity index (χ0) is 18.4. The second-order valence-corrected chi connectivity index (χ2v) is 7.31. The Hall–Kier alpha value is -2.34. The maximum absolute atomic E-state index is 12.4. The summed E-state index contributed by atoms with van der Waals surface area (Å²) in [5.41, 5.74) is 1.03. The molecule has 2 aromatic rings. The SMILES string of the molecule is CCNC(=O)c1sc(-c2ccccc2)cc1OCC(=O)N1CCCCC1. The van der Waals surface area contributed by atoms with Gasteiger partial charge in [0.05, 0.1) is 0 Å². The molecule has 0 spiro atoms. The summed E-state index contributed by atoms with van der Waals surface area (Å²) in [6.07, 6.45) is 3.27. The zero-order valence-electron chi connectivity index (χ0n) is 15.0. The molecule has 3 rings (SSSR count). The van der Waals surface area contributed by atoms with Gasteiger partial charge in [-0.15, -0.1) is 11.3 Å². The standard InChI is InChI=1S/C20H24N2O3S/c1-2-21-20(24)19-16(13-17(26-19)15-9-5-3-6-10-15)25-14-18(23)22-11-7-4-8-12-22/h3,5-6,9-10,13H,2,4,7-8,11-12,14H2,1H3,(H,21,24). The van der Waals surface area contributed by atoms with E-state index in [9.17, 15) is 9.59 Å². The Morgan fingerprint density at radius 1 is 1.15 bits per heavy atom. The molecule has 1 N–H and O–H groups in total. The Balaban J connectivity index is 1.76. The molecule has 5 nitrogen and oxygen atoms in total. The number of hydrogen-bond acceptors (Lipinski definition) is 4. The highest BCUT2D eigenvalue weighted by Gasteiger charge is 2.21. The van der Waals surface area contributed by atoms with Crippen molar-refractivity contribution in [1.29, 1.82) is 0 Å². The minimum Gasteiger partial charge on any atom is -0.482 e. The lowest BCUT2D eigenvalue weighted by Gasteiger charge is -2.26. The van der Waals surface area contributed by atoms with E-state index in [2.05, 4.69) is 5.32 Å². The zero-order valence-corrected chi connectivity index (χ0v) is 15.8. The molecule has 1 aliphatic heterocycles. The van der Waals surface area contributed by atoms with Crippen LogP contribution in [-0.4, -0.2) is 43.0 Å². The molecule has 1 aromatic heterocycles. The molecular formula is C20H24N2O3S. The van der Waals surface area contributed by atoms with Crippen molar-refractivity contribution in [2.24, 2.45) is 0 Å². The summed E-state index contributed by atoms with van der Waals surface area (Å²) in [7, 11) is 0. The summed E-state index contributed by atoms with van der Waals surface area (Å²) in [6, 6.07) is 11.7. The molecule has 6 heteroatoms. The maximum Gasteiger partial charge on any atom is 0.265 e. The highest BCUT2D eigenvalue weighted by Crippen LogP contribution is 2.36. The first-order valence-electron chi connectivity index (χ1n) is 9.07. The molecule has 0 atom stereocenters. The number of hydrogen-bond donors (Lipinski definition) is 1. The predicted octanol–water partition coefficient (Wildman–Crippen LogP) is 3.56. The topological polar surface area (TPSA) is 58.6 Å². The van der Waals surface area contributed by atoms with Crippen molar-refractivity contribution >= 4 is 23.2 Å². The van der Waals surface area contributed by atoms with Gasteiger partial charge >= 0.3 is 0 Å². The minimum atomic E-state index is -0.167. The van der Waals surface area contributed by atoms with Gasteiger partial charge in [-0.1, -0.05) is 30.3 Å². The molecular weight excluding hydrogens is 348 g/mol. The Kier molecular flexibility index (Phi) is 6.28. The number of rotatable bonds is 6. The van der Waals surface area contributed by atoms with Gasteiger partial charge in [0.15, 0.2) is 6.61 Å². The van der Waals surface area contributed by atoms with Gasteiger partial charge in [0.2, 0.25) is 0 Å². The van der Waals surface area contributed by atoms with Crippen molar-refractivity contribution in [2.45, 2.75) is 26.2 Å². The number of thiophene rings is 1. The molecule has 0 bridgehead atoms. The van der Waals surface area contributed by atoms with Gasteiger partial charge in [0.25, 0.3) is 11.8 Å². The van der Waals surface area contributed by atoms with E-state index in [1.54, 1.807) is 0 Å². The first-order chi connectivity index (χ1) is 12.7. The van der Waals surface area contributed by atoms with E-state index in [0.717, 1.165) is 36.4 Å². The van der Waals surface area contributed by atoms with Crippen molar-refractivity contribution in [3.8, 4) is 16.2 Å². The second kappa shape index (κ2) is 8.85. The third-order valence-electron chi connectivity index (χ3n) is 4.36. The van der Waals surface area contributed by atoms with E-state index in [4.69, 9.17) is 4.74 Å². The summed E-state index contributed by atoms with van der Waals surface area (Å²) in [5, 5.41) is 2.81. The first kappa shape index (κ1) is 18.5. The second-order valence-electron chi connectivity index (χ2n) is 6.26. The van der Waals surface area contributed by atoms with Crippen LogP contribution < -0.4 is 10.1 Å². The van der Waals surface area contributed by atoms with Crippen LogP contribution in [0.1, 0.15) is 35.9 Å². The van der Waals surface area contributed by atoms with Crippen LogP contribution in [0.3, 0.4) is 0 Å². The molecule has 0 saturated carbocycles. The van der Waals surface area contributed by atoms with E-state index in [1.165, 1.54) is 17.8 Å². The Bertz CT molecular complexity index is 752. The molecule has 138 valence electrons. The molecule has 1 aliphatic rings. The van der Waals surface area contributed by atoms with Crippen LogP contribution in [0.15, 0.2) is 36.4 Å². The van der Waals surface area contributed by atoms with Crippen LogP contribution in [0.2, 0.25) is 0 Å². The lowest BCUT2D eigenvalue weighted by atomic mass is 10.1. The summed E-state index contributed by atoms with van der Waals surface area (Å²) in [5.74, 6) is 0.296. The van der Waals surface area contributed by atoms with Crippen molar-refractivity contribution in [2.75, 3.05) is 26.2 Å². The lowest BCUT2D eigenvalue weighted by molar-refractivity contribution is -0.134. The van der Waals surface area contributed by atoms with Gasteiger partial charge in [-0.25, -0.2) is 0 Å². The number of carbonyl (C=O) groups excluding carboxylic acids is 2. The Morgan fingerprint density at radius 3 is 2.58 bits per heavy atom. The minimum absolute atomic E-state index is 0.0148. The van der Waals surface area contributed by atoms with Crippen molar-refractivity contribution in [1.82, 2.24) is 10.2 Å². The maximum atomic E-state index is 12.4. The van der Waals surface area contributed by atoms with Crippen LogP contribution in [0, 0.1) is 0 Å². The summed E-state index contributed by atoms with van der Waals surface area (Å²) in [4.78, 5) is 28.0. The predicted molar refractivity (Wildman–Crippen MR) is 104 cm³/mol. The number of amides is 2. The molecule has 1 aromatic carbocycles. The molecule has 2 amide bonds. The molecule has 0 unspecified atom stereocenters. The van der Waals surface area contributed by atoms with Crippen LogP contribution >= 0.6 is 11.3 Å². The van der Waals surface area contributed by atoms with Gasteiger partial charge in [0.1, 0.15) is 10.6 Å². The largest absolute Gasteiger partial charge is 0.482 e. The van der Waals surface area contributed by atoms with Gasteiger partial charge in [-0.05, 0) is 37.8 Å². The van der Waals surface area contributed by atoms with E-state index in [-0.39, 0.29) is 18.4 Å². The van der Waals surface area contributed by atoms with Crippen molar-refractivity contribution in [3.05, 3.63) is 41.3 Å². The van der Waals surface area contributed by atoms with Crippen LogP contribution in [-0.2, 0) is 4.79 Å². The molecule has 1 saturated heterocycles. The lowest BCUT2D eigenvalue weighted by Crippen LogP contribution is -2.38. The smallest absolute Gasteiger partial charge is 0.265 e. The van der Waals surface area contributed by atoms with Crippen LogP contribution in [0.5, 0.6) is 5.75 Å². The number of likely N-dealkylation sites (tertiary alicyclic amines) is 1. The fourth-order valence-electron chi connectivity index (χ4n) is 3.00. The summed E-state index contributed by atoms with van der Waals surface area (Å²) in [6.45, 7) is 3.99. The average molecular weight is 372 g/mol. The number of carbonyl (C=O) groups is 2. The third-order valence-corrected chi connectivity index (χ3v) is 5.52. The number of nitrogens with zero attached hydrogens (tertiary/aromatic N) is 1. The summed E-state index contributed by atoms with van der Waals surface area (Å²) < 4.78 is 5.78. The van der Waals surface area contributed by atoms with Gasteiger partial charge in [-0.2, -0.15) is 0 Å². The number of nitrogens with one attached hydrogen (secondary N) is 1. The quantitative estimate of drug-likeness (QED) is 0.843. The van der Waals surface area contributed by atoms with E-state index >= 15 is 0 Å². The molecule has 0 aliphatic carbocycles. The van der Waals surface area contributed by atoms with E-state index < -0.39 is 0 Å². The van der Waals surface area contributed by atoms with Crippen molar-refractivity contribution < 1.29 is 14.3 Å². The Labute approximate surface area is 158 Å². The third kappa shape index (κ3) is 4.43. The molecule has 26 heavy (non-hydrogen) atoms. The van der Waals surface area contributed by atoms with Crippen molar-refractivity contribution in [3.63, 3.8) is 0 Å². The average Bonchev–Trinajstić information content (AvgIpc) is 3.12. The molecule has 2 heterocycles. The molecule has 0 radical (unpaired) electrons. The van der Waals surface area contributed by atoms with Gasteiger partial charge < -0.3 is 15.0 Å². The summed E-state index contributed by atoms with van der Waals surface area (Å²) >= 11 is 1.39. The van der Waals surface area contributed by atoms with E-state index in [1.807, 2.05) is 48.2 Å². The monoisotopic (exact) mass is 372 g/mol. The highest BCUT2D eigenvalue weighted by atomic mass is 32.1. The number of piperidine rings is 1. The fourth-order valence-corrected chi connectivity index (χ4v) is 4.02. The number of benzene rings is 1. The van der Waals surface area contributed by atoms with E-state index in [0.29, 0.717) is 17.2 Å². The fraction of sp³-hybridized carbons (Fsp3) is 0.400. The van der Waals surface area contributed by atoms with Crippen LogP contribution in [0.4, 0.5) is 0 Å². The van der Waals surface area contributed by atoms with Gasteiger partial charge in [-0.3, -0.25) is 9.59 Å². The number of ether oxygens (including phenoxy) is 1. The molecule has 1 fully saturated rings. The van der Waals surface area contributed by atoms with Crippen LogP contribution in [0.25, 0.3) is 10.4 Å². The normalized spacial score (nSPS) is 14.1.